The molecule has 4 nitrogen and oxygen atoms in total. The van der Waals surface area contributed by atoms with E-state index in [1.165, 1.54) is 0 Å². The summed E-state index contributed by atoms with van der Waals surface area (Å²) in [6.07, 6.45) is 30.1. The molecule has 2 rings (SSSR count). The molecule has 1 heterocycles. The van der Waals surface area contributed by atoms with Crippen molar-refractivity contribution in [2.75, 3.05) is 6.61 Å². The van der Waals surface area contributed by atoms with Gasteiger partial charge in [-0.25, -0.2) is 0 Å². The summed E-state index contributed by atoms with van der Waals surface area (Å²) < 4.78 is 5.95. The van der Waals surface area contributed by atoms with E-state index in [1.807, 2.05) is 44.2 Å². The fourth-order valence-corrected chi connectivity index (χ4v) is 4.80. The van der Waals surface area contributed by atoms with E-state index in [0.29, 0.717) is 13.0 Å². The molecule has 0 bridgehead atoms. The van der Waals surface area contributed by atoms with E-state index >= 15 is 0 Å². The highest BCUT2D eigenvalue weighted by atomic mass is 16.5. The Bertz CT molecular complexity index is 973. The average Bonchev–Trinajstić information content (AvgIpc) is 3.25. The van der Waals surface area contributed by atoms with Crippen molar-refractivity contribution in [1.82, 2.24) is 5.32 Å². The molecule has 0 aromatic heterocycles. The van der Waals surface area contributed by atoms with E-state index in [9.17, 15) is 9.59 Å². The number of ketones is 1. The van der Waals surface area contributed by atoms with Gasteiger partial charge >= 0.3 is 0 Å². The third-order valence-corrected chi connectivity index (χ3v) is 7.03. The number of hydrogen-bond acceptors (Lipinski definition) is 3. The lowest BCUT2D eigenvalue weighted by molar-refractivity contribution is -0.141. The molecule has 1 fully saturated rings. The fourth-order valence-electron chi connectivity index (χ4n) is 4.80. The third-order valence-electron chi connectivity index (χ3n) is 7.03. The van der Waals surface area contributed by atoms with Crippen LogP contribution in [0.25, 0.3) is 0 Å². The first-order valence-corrected chi connectivity index (χ1v) is 14.9. The van der Waals surface area contributed by atoms with Crippen molar-refractivity contribution in [2.45, 2.75) is 90.7 Å². The summed E-state index contributed by atoms with van der Waals surface area (Å²) in [5.41, 5.74) is 1.04. The predicted octanol–water partition coefficient (Wildman–Crippen LogP) is 8.40. The molecule has 1 aliphatic heterocycles. The maximum Gasteiger partial charge on any atom is 0.231 e. The first-order valence-electron chi connectivity index (χ1n) is 14.9. The largest absolute Gasteiger partial charge is 0.370 e. The average molecular weight is 532 g/mol. The van der Waals surface area contributed by atoms with Crippen molar-refractivity contribution >= 4 is 11.7 Å². The molecule has 0 radical (unpaired) electrons. The van der Waals surface area contributed by atoms with E-state index in [2.05, 4.69) is 73.0 Å². The van der Waals surface area contributed by atoms with E-state index in [0.717, 1.165) is 56.9 Å². The minimum absolute atomic E-state index is 0.0845. The zero-order valence-corrected chi connectivity index (χ0v) is 24.3. The zero-order valence-electron chi connectivity index (χ0n) is 24.3. The predicted molar refractivity (Wildman–Crippen MR) is 163 cm³/mol. The lowest BCUT2D eigenvalue weighted by atomic mass is 9.84. The van der Waals surface area contributed by atoms with Gasteiger partial charge in [-0.05, 0) is 69.3 Å². The van der Waals surface area contributed by atoms with Crippen LogP contribution in [0.5, 0.6) is 0 Å². The van der Waals surface area contributed by atoms with Gasteiger partial charge in [0.15, 0.2) is 5.78 Å². The summed E-state index contributed by atoms with van der Waals surface area (Å²) in [4.78, 5) is 25.9. The highest BCUT2D eigenvalue weighted by Crippen LogP contribution is 2.35. The lowest BCUT2D eigenvalue weighted by Crippen LogP contribution is -2.36. The van der Waals surface area contributed by atoms with Crippen LogP contribution in [-0.4, -0.2) is 24.4 Å². The minimum atomic E-state index is -0.651. The molecule has 4 atom stereocenters. The topological polar surface area (TPSA) is 55.4 Å². The second kappa shape index (κ2) is 20.0. The Morgan fingerprint density at radius 2 is 1.41 bits per heavy atom. The molecule has 4 heteroatoms. The van der Waals surface area contributed by atoms with Crippen LogP contribution in [0.3, 0.4) is 0 Å². The maximum absolute atomic E-state index is 13.2. The van der Waals surface area contributed by atoms with Gasteiger partial charge in [0.1, 0.15) is 12.0 Å². The summed E-state index contributed by atoms with van der Waals surface area (Å²) in [6, 6.07) is 9.74. The van der Waals surface area contributed by atoms with Crippen LogP contribution in [0, 0.1) is 11.8 Å². The van der Waals surface area contributed by atoms with Gasteiger partial charge in [-0.2, -0.15) is 0 Å². The monoisotopic (exact) mass is 531 g/mol. The van der Waals surface area contributed by atoms with Crippen LogP contribution >= 0.6 is 0 Å². The zero-order chi connectivity index (χ0) is 28.1. The highest BCUT2D eigenvalue weighted by molar-refractivity contribution is 6.05. The Morgan fingerprint density at radius 1 is 0.846 bits per heavy atom. The Hall–Kier alpha value is -2.98. The molecular weight excluding hydrogens is 482 g/mol. The summed E-state index contributed by atoms with van der Waals surface area (Å²) in [5, 5.41) is 3.02. The van der Waals surface area contributed by atoms with E-state index in [4.69, 9.17) is 4.74 Å². The molecule has 1 aliphatic rings. The van der Waals surface area contributed by atoms with Crippen LogP contribution in [0.15, 0.2) is 91.1 Å². The molecule has 0 saturated carbocycles. The Morgan fingerprint density at radius 3 is 1.97 bits per heavy atom. The van der Waals surface area contributed by atoms with Gasteiger partial charge in [0.25, 0.3) is 0 Å². The third kappa shape index (κ3) is 12.2. The van der Waals surface area contributed by atoms with Crippen LogP contribution in [0.4, 0.5) is 0 Å². The van der Waals surface area contributed by atoms with Crippen molar-refractivity contribution in [3.63, 3.8) is 0 Å². The normalized spacial score (nSPS) is 20.8. The van der Waals surface area contributed by atoms with Crippen LogP contribution in [0.2, 0.25) is 0 Å². The number of unbranched alkanes of at least 4 members (excludes halogenated alkanes) is 2. The van der Waals surface area contributed by atoms with Gasteiger partial charge in [0, 0.05) is 6.61 Å². The van der Waals surface area contributed by atoms with Crippen molar-refractivity contribution in [1.29, 1.82) is 0 Å². The molecule has 212 valence electrons. The van der Waals surface area contributed by atoms with Crippen molar-refractivity contribution in [2.24, 2.45) is 11.8 Å². The number of rotatable bonds is 19. The summed E-state index contributed by atoms with van der Waals surface area (Å²) in [5.74, 6) is -1.01. The number of allylic oxidation sites excluding steroid dienone is 10. The van der Waals surface area contributed by atoms with Gasteiger partial charge in [-0.1, -0.05) is 112 Å². The van der Waals surface area contributed by atoms with E-state index in [-0.39, 0.29) is 23.7 Å². The molecule has 1 unspecified atom stereocenters. The number of Topliss-reactive ketones (excluding diaryl/α,β-unsaturated/α-hetero) is 1. The number of nitrogens with one attached hydrogen (secondary N) is 1. The Kier molecular flexibility index (Phi) is 16.5. The molecular formula is C35H49NO3. The standard InChI is InChI=1S/C35H49NO3/c1-4-6-7-8-9-10-11-12-13-14-15-16-17-18-19-20-21-25-28-39-31(5-2)34(37)32-29(3)33(36-35(32)38)30-26-23-22-24-27-30/h6-7,9-10,12-13,15-16,18-19,22-24,26-27,29,31-33H,4-5,8,11,14,17,20-21,25,28H2,1-3H3,(H,36,38)/b7-6-,10-9-,13-12-,16-15-,19-18-/t29-,31-,32?,33+/m0/s1. The first-order chi connectivity index (χ1) is 19.1. The Balaban J connectivity index is 1.57. The molecule has 1 aromatic carbocycles. The molecule has 1 amide bonds. The Labute approximate surface area is 237 Å². The van der Waals surface area contributed by atoms with Crippen molar-refractivity contribution in [3.8, 4) is 0 Å². The molecule has 0 aliphatic carbocycles. The summed E-state index contributed by atoms with van der Waals surface area (Å²) in [6.45, 7) is 6.63. The van der Waals surface area contributed by atoms with E-state index < -0.39 is 12.0 Å². The lowest BCUT2D eigenvalue weighted by Gasteiger charge is -2.22. The van der Waals surface area contributed by atoms with Gasteiger partial charge in [0.2, 0.25) is 5.91 Å². The number of hydrogen-bond donors (Lipinski definition) is 1. The number of amides is 1. The van der Waals surface area contributed by atoms with Crippen LogP contribution in [-0.2, 0) is 14.3 Å². The second-order valence-electron chi connectivity index (χ2n) is 10.1. The van der Waals surface area contributed by atoms with Crippen LogP contribution < -0.4 is 5.32 Å². The van der Waals surface area contributed by atoms with Gasteiger partial charge < -0.3 is 10.1 Å². The number of carbonyl (C=O) groups excluding carboxylic acids is 2. The van der Waals surface area contributed by atoms with Gasteiger partial charge in [-0.3, -0.25) is 9.59 Å². The quantitative estimate of drug-likeness (QED) is 0.111. The van der Waals surface area contributed by atoms with Crippen molar-refractivity contribution < 1.29 is 14.3 Å². The summed E-state index contributed by atoms with van der Waals surface area (Å²) in [7, 11) is 0. The maximum atomic E-state index is 13.2. The van der Waals surface area contributed by atoms with E-state index in [1.54, 1.807) is 0 Å². The first kappa shape index (κ1) is 32.2. The molecule has 1 saturated heterocycles. The van der Waals surface area contributed by atoms with Gasteiger partial charge in [0.05, 0.1) is 6.04 Å². The number of carbonyl (C=O) groups is 2. The summed E-state index contributed by atoms with van der Waals surface area (Å²) >= 11 is 0. The van der Waals surface area contributed by atoms with Crippen molar-refractivity contribution in [3.05, 3.63) is 96.7 Å². The minimum Gasteiger partial charge on any atom is -0.370 e. The SMILES string of the molecule is CC/C=C\C/C=C\C/C=C\C/C=C\C/C=C\CCCCO[C@@H](CC)C(=O)C1C(=O)N[C@@H](c2ccccc2)[C@H]1C. The highest BCUT2D eigenvalue weighted by Gasteiger charge is 2.46. The molecule has 39 heavy (non-hydrogen) atoms. The molecule has 1 N–H and O–H groups in total. The smallest absolute Gasteiger partial charge is 0.231 e. The molecule has 1 aromatic rings. The van der Waals surface area contributed by atoms with Crippen LogP contribution in [0.1, 0.15) is 90.2 Å². The van der Waals surface area contributed by atoms with Gasteiger partial charge in [-0.15, -0.1) is 0 Å². The number of benzene rings is 1. The molecule has 0 spiro atoms. The number of ether oxygens (including phenoxy) is 1. The fraction of sp³-hybridized carbons (Fsp3) is 0.486. The second-order valence-corrected chi connectivity index (χ2v) is 10.1.